The normalized spacial score (nSPS) is 10.9. The zero-order chi connectivity index (χ0) is 11.8. The van der Waals surface area contributed by atoms with Crippen molar-refractivity contribution >= 4 is 21.6 Å². The minimum atomic E-state index is 1.03. The van der Waals surface area contributed by atoms with Crippen LogP contribution in [0.2, 0.25) is 0 Å². The molecule has 0 atom stereocenters. The lowest BCUT2D eigenvalue weighted by Crippen LogP contribution is -2.30. The van der Waals surface area contributed by atoms with Gasteiger partial charge in [0, 0.05) is 0 Å². The Labute approximate surface area is 104 Å². The maximum atomic E-state index is 4.65. The summed E-state index contributed by atoms with van der Waals surface area (Å²) in [7, 11) is 0. The van der Waals surface area contributed by atoms with E-state index >= 15 is 0 Å². The van der Waals surface area contributed by atoms with E-state index in [1.807, 2.05) is 6.07 Å². The Bertz CT molecular complexity index is 632. The van der Waals surface area contributed by atoms with E-state index in [9.17, 15) is 0 Å². The van der Waals surface area contributed by atoms with Crippen molar-refractivity contribution in [2.75, 3.05) is 0 Å². The van der Waals surface area contributed by atoms with E-state index in [2.05, 4.69) is 60.1 Å². The number of fused-ring (bicyclic) bond motifs is 1. The molecule has 3 aromatic rings. The van der Waals surface area contributed by atoms with Crippen LogP contribution in [-0.4, -0.2) is 4.98 Å². The molecule has 0 fully saturated rings. The fourth-order valence-corrected chi connectivity index (χ4v) is 2.91. The van der Waals surface area contributed by atoms with Crippen LogP contribution < -0.4 is 4.57 Å². The lowest BCUT2D eigenvalue weighted by atomic mass is 10.2. The second kappa shape index (κ2) is 3.93. The Balaban J connectivity index is 2.20. The number of aryl methyl sites for hydroxylation is 2. The van der Waals surface area contributed by atoms with Gasteiger partial charge in [-0.3, -0.25) is 0 Å². The van der Waals surface area contributed by atoms with Gasteiger partial charge in [-0.05, 0) is 59.5 Å². The Hall–Kier alpha value is -1.74. The summed E-state index contributed by atoms with van der Waals surface area (Å²) in [5.41, 5.74) is 3.58. The highest BCUT2D eigenvalue weighted by Crippen LogP contribution is 2.21. The number of thiazole rings is 1. The average molecular weight is 241 g/mol. The molecule has 2 nitrogen and oxygen atoms in total. The zero-order valence-electron chi connectivity index (χ0n) is 9.84. The van der Waals surface area contributed by atoms with E-state index in [1.165, 1.54) is 15.8 Å². The lowest BCUT2D eigenvalue weighted by molar-refractivity contribution is -0.595. The molecule has 0 N–H and O–H groups in total. The first-order chi connectivity index (χ1) is 8.22. The lowest BCUT2D eigenvalue weighted by Gasteiger charge is -1.97. The van der Waals surface area contributed by atoms with Crippen molar-refractivity contribution in [2.45, 2.75) is 13.8 Å². The summed E-state index contributed by atoms with van der Waals surface area (Å²) in [5.74, 6) is 0. The van der Waals surface area contributed by atoms with Crippen LogP contribution in [0.25, 0.3) is 15.3 Å². The van der Waals surface area contributed by atoms with Crippen LogP contribution in [0.15, 0.2) is 42.7 Å². The second-order valence-electron chi connectivity index (χ2n) is 4.26. The molecule has 1 aromatic carbocycles. The van der Waals surface area contributed by atoms with Gasteiger partial charge in [0.2, 0.25) is 0 Å². The fourth-order valence-electron chi connectivity index (χ4n) is 1.99. The second-order valence-corrected chi connectivity index (χ2v) is 5.27. The maximum Gasteiger partial charge on any atom is 0.388 e. The molecule has 0 spiro atoms. The highest BCUT2D eigenvalue weighted by Gasteiger charge is 2.14. The molecule has 0 aliphatic heterocycles. The molecule has 0 aliphatic rings. The van der Waals surface area contributed by atoms with Crippen molar-refractivity contribution in [1.29, 1.82) is 0 Å². The topological polar surface area (TPSA) is 16.8 Å². The standard InChI is InChI=1S/C14H13N2S/c1-10-7-11(2)9-16(8-10)14-15-12-5-3-4-6-13(12)17-14/h3-9H,1-2H3/q+1. The molecule has 3 heteroatoms. The van der Waals surface area contributed by atoms with Crippen LogP contribution in [0.5, 0.6) is 0 Å². The smallest absolute Gasteiger partial charge is 0.193 e. The SMILES string of the molecule is Cc1cc(C)c[n+](-c2nc3ccccc3s2)c1. The Morgan fingerprint density at radius 1 is 1.06 bits per heavy atom. The number of pyridine rings is 1. The van der Waals surface area contributed by atoms with Crippen molar-refractivity contribution in [1.82, 2.24) is 4.98 Å². The molecule has 0 amide bonds. The van der Waals surface area contributed by atoms with Crippen LogP contribution >= 0.6 is 11.3 Å². The summed E-state index contributed by atoms with van der Waals surface area (Å²) in [6, 6.07) is 10.4. The van der Waals surface area contributed by atoms with Crippen molar-refractivity contribution in [3.63, 3.8) is 0 Å². The largest absolute Gasteiger partial charge is 0.388 e. The Morgan fingerprint density at radius 3 is 2.47 bits per heavy atom. The molecule has 0 saturated heterocycles. The highest BCUT2D eigenvalue weighted by atomic mass is 32.1. The van der Waals surface area contributed by atoms with Crippen molar-refractivity contribution in [3.8, 4) is 5.13 Å². The monoisotopic (exact) mass is 241 g/mol. The van der Waals surface area contributed by atoms with Gasteiger partial charge in [-0.1, -0.05) is 12.1 Å². The summed E-state index contributed by atoms with van der Waals surface area (Å²) in [6.45, 7) is 4.22. The Morgan fingerprint density at radius 2 is 1.76 bits per heavy atom. The highest BCUT2D eigenvalue weighted by molar-refractivity contribution is 7.20. The van der Waals surface area contributed by atoms with Crippen LogP contribution in [0.1, 0.15) is 11.1 Å². The molecule has 0 radical (unpaired) electrons. The van der Waals surface area contributed by atoms with Gasteiger partial charge in [0.15, 0.2) is 5.52 Å². The number of para-hydroxylation sites is 1. The summed E-state index contributed by atoms with van der Waals surface area (Å²) in [6.07, 6.45) is 4.23. The van der Waals surface area contributed by atoms with Gasteiger partial charge < -0.3 is 0 Å². The van der Waals surface area contributed by atoms with Gasteiger partial charge in [-0.2, -0.15) is 4.57 Å². The van der Waals surface area contributed by atoms with E-state index in [1.54, 1.807) is 11.3 Å². The number of rotatable bonds is 1. The first-order valence-corrected chi connectivity index (χ1v) is 6.39. The van der Waals surface area contributed by atoms with Gasteiger partial charge >= 0.3 is 5.13 Å². The third-order valence-corrected chi connectivity index (χ3v) is 3.69. The molecule has 84 valence electrons. The minimum absolute atomic E-state index is 1.03. The van der Waals surface area contributed by atoms with Gasteiger partial charge in [0.25, 0.3) is 0 Å². The van der Waals surface area contributed by atoms with E-state index in [-0.39, 0.29) is 0 Å². The zero-order valence-corrected chi connectivity index (χ0v) is 10.7. The summed E-state index contributed by atoms with van der Waals surface area (Å²) in [4.78, 5) is 4.65. The van der Waals surface area contributed by atoms with E-state index in [0.717, 1.165) is 10.6 Å². The van der Waals surface area contributed by atoms with Gasteiger partial charge in [0.05, 0.1) is 17.1 Å². The molecule has 0 unspecified atom stereocenters. The molecular weight excluding hydrogens is 228 g/mol. The van der Waals surface area contributed by atoms with E-state index in [0.29, 0.717) is 0 Å². The number of benzene rings is 1. The average Bonchev–Trinajstić information content (AvgIpc) is 2.71. The number of aromatic nitrogens is 2. The van der Waals surface area contributed by atoms with Crippen molar-refractivity contribution in [2.24, 2.45) is 0 Å². The van der Waals surface area contributed by atoms with Crippen molar-refractivity contribution < 1.29 is 4.57 Å². The minimum Gasteiger partial charge on any atom is -0.193 e. The molecule has 17 heavy (non-hydrogen) atoms. The quantitative estimate of drug-likeness (QED) is 0.598. The Kier molecular flexibility index (Phi) is 2.41. The van der Waals surface area contributed by atoms with Crippen LogP contribution in [0.3, 0.4) is 0 Å². The first kappa shape index (κ1) is 10.4. The first-order valence-electron chi connectivity index (χ1n) is 5.58. The van der Waals surface area contributed by atoms with Crippen LogP contribution in [-0.2, 0) is 0 Å². The van der Waals surface area contributed by atoms with Gasteiger partial charge in [-0.25, -0.2) is 0 Å². The number of hydrogen-bond acceptors (Lipinski definition) is 2. The molecule has 0 bridgehead atoms. The van der Waals surface area contributed by atoms with E-state index < -0.39 is 0 Å². The number of nitrogens with zero attached hydrogens (tertiary/aromatic N) is 2. The predicted molar refractivity (Wildman–Crippen MR) is 70.6 cm³/mol. The number of hydrogen-bond donors (Lipinski definition) is 0. The third-order valence-electron chi connectivity index (χ3n) is 2.64. The van der Waals surface area contributed by atoms with Gasteiger partial charge in [0.1, 0.15) is 0 Å². The van der Waals surface area contributed by atoms with Crippen LogP contribution in [0, 0.1) is 13.8 Å². The maximum absolute atomic E-state index is 4.65. The van der Waals surface area contributed by atoms with E-state index in [4.69, 9.17) is 0 Å². The fraction of sp³-hybridized carbons (Fsp3) is 0.143. The summed E-state index contributed by atoms with van der Waals surface area (Å²) < 4.78 is 3.34. The molecule has 0 aliphatic carbocycles. The van der Waals surface area contributed by atoms with Gasteiger partial charge in [-0.15, -0.1) is 0 Å². The van der Waals surface area contributed by atoms with Crippen LogP contribution in [0.4, 0.5) is 0 Å². The molecular formula is C14H13N2S+. The summed E-state index contributed by atoms with van der Waals surface area (Å²) >= 11 is 1.72. The molecule has 2 aromatic heterocycles. The molecule has 2 heterocycles. The predicted octanol–water partition coefficient (Wildman–Crippen LogP) is 3.19. The molecule has 0 saturated carbocycles. The third kappa shape index (κ3) is 1.94. The summed E-state index contributed by atoms with van der Waals surface area (Å²) in [5, 5.41) is 1.03. The molecule has 3 rings (SSSR count). The van der Waals surface area contributed by atoms with Crippen molar-refractivity contribution in [3.05, 3.63) is 53.9 Å².